The average molecular weight is 256 g/mol. The largest absolute Gasteiger partial charge is 0.490 e. The molecular formula is C14H12N2O3. The van der Waals surface area contributed by atoms with Crippen molar-refractivity contribution in [3.63, 3.8) is 0 Å². The summed E-state index contributed by atoms with van der Waals surface area (Å²) in [6, 6.07) is 7.57. The van der Waals surface area contributed by atoms with Crippen LogP contribution in [0.2, 0.25) is 0 Å². The molecule has 19 heavy (non-hydrogen) atoms. The third-order valence-electron chi connectivity index (χ3n) is 2.93. The predicted octanol–water partition coefficient (Wildman–Crippen LogP) is 1.15. The van der Waals surface area contributed by atoms with Gasteiger partial charge in [0.15, 0.2) is 5.70 Å². The third kappa shape index (κ3) is 1.66. The van der Waals surface area contributed by atoms with Gasteiger partial charge in [0.1, 0.15) is 11.5 Å². The lowest BCUT2D eigenvalue weighted by Gasteiger charge is -2.12. The summed E-state index contributed by atoms with van der Waals surface area (Å²) in [7, 11) is 0. The van der Waals surface area contributed by atoms with E-state index in [0.29, 0.717) is 17.0 Å². The number of aliphatic carboxylic acids is 1. The van der Waals surface area contributed by atoms with Crippen LogP contribution in [0.1, 0.15) is 13.8 Å². The molecule has 5 nitrogen and oxygen atoms in total. The second-order valence-electron chi connectivity index (χ2n) is 4.62. The first kappa shape index (κ1) is 11.6. The van der Waals surface area contributed by atoms with Crippen molar-refractivity contribution in [2.45, 2.75) is 20.0 Å². The summed E-state index contributed by atoms with van der Waals surface area (Å²) in [6.45, 7) is 3.80. The van der Waals surface area contributed by atoms with Crippen LogP contribution in [-0.4, -0.2) is 17.2 Å². The maximum Gasteiger partial charge on any atom is 0.357 e. The molecule has 5 heteroatoms. The van der Waals surface area contributed by atoms with E-state index in [9.17, 15) is 9.90 Å². The number of hydrogen-bond donors (Lipinski definition) is 1. The molecule has 1 aromatic rings. The number of hydrogen-bond acceptors (Lipinski definition) is 4. The lowest BCUT2D eigenvalue weighted by atomic mass is 10.1. The number of benzene rings is 1. The van der Waals surface area contributed by atoms with Crippen LogP contribution in [-0.2, 0) is 9.53 Å². The molecule has 0 unspecified atom stereocenters. The standard InChI is InChI=1S/C14H12N2O3/c1-7(2)19-13-9-6-4-3-5-8(9)11-10(13)12(14(17)18)16-15-11/h3-7H,1-2H3,(H,17,18). The van der Waals surface area contributed by atoms with E-state index in [1.807, 2.05) is 38.1 Å². The lowest BCUT2D eigenvalue weighted by molar-refractivity contribution is -0.132. The highest BCUT2D eigenvalue weighted by Crippen LogP contribution is 2.35. The van der Waals surface area contributed by atoms with Gasteiger partial charge >= 0.3 is 5.97 Å². The van der Waals surface area contributed by atoms with Gasteiger partial charge in [0.2, 0.25) is 0 Å². The number of carbonyl (C=O) groups is 1. The number of fused-ring (bicyclic) bond motifs is 2. The van der Waals surface area contributed by atoms with Crippen molar-refractivity contribution in [2.24, 2.45) is 10.2 Å². The minimum absolute atomic E-state index is 0.0504. The van der Waals surface area contributed by atoms with Gasteiger partial charge in [-0.3, -0.25) is 0 Å². The van der Waals surface area contributed by atoms with E-state index >= 15 is 0 Å². The van der Waals surface area contributed by atoms with E-state index in [-0.39, 0.29) is 11.8 Å². The number of nitrogens with zero attached hydrogens (tertiary/aromatic N) is 2. The van der Waals surface area contributed by atoms with E-state index in [4.69, 9.17) is 4.74 Å². The molecular weight excluding hydrogens is 244 g/mol. The van der Waals surface area contributed by atoms with Crippen LogP contribution in [0.4, 0.5) is 0 Å². The fraction of sp³-hybridized carbons (Fsp3) is 0.214. The third-order valence-corrected chi connectivity index (χ3v) is 2.93. The van der Waals surface area contributed by atoms with Crippen molar-refractivity contribution < 1.29 is 14.6 Å². The zero-order valence-electron chi connectivity index (χ0n) is 10.5. The van der Waals surface area contributed by atoms with Crippen LogP contribution in [0.15, 0.2) is 45.8 Å². The van der Waals surface area contributed by atoms with Gasteiger partial charge in [-0.15, -0.1) is 10.2 Å². The molecule has 0 radical (unpaired) electrons. The molecule has 3 rings (SSSR count). The van der Waals surface area contributed by atoms with Crippen LogP contribution in [0, 0.1) is 0 Å². The van der Waals surface area contributed by atoms with Gasteiger partial charge in [-0.1, -0.05) is 24.3 Å². The van der Waals surface area contributed by atoms with Crippen molar-refractivity contribution in [3.05, 3.63) is 46.0 Å². The molecule has 0 aromatic heterocycles. The Labute approximate surface area is 109 Å². The summed E-state index contributed by atoms with van der Waals surface area (Å²) < 4.78 is 5.79. The molecule has 1 aliphatic carbocycles. The number of ether oxygens (including phenoxy) is 1. The molecule has 1 aliphatic heterocycles. The monoisotopic (exact) mass is 256 g/mol. The molecule has 0 atom stereocenters. The van der Waals surface area contributed by atoms with Gasteiger partial charge in [0.05, 0.1) is 11.7 Å². The fourth-order valence-corrected chi connectivity index (χ4v) is 2.25. The van der Waals surface area contributed by atoms with E-state index in [1.165, 1.54) is 0 Å². The quantitative estimate of drug-likeness (QED) is 0.881. The lowest BCUT2D eigenvalue weighted by Crippen LogP contribution is -2.24. The van der Waals surface area contributed by atoms with E-state index in [1.54, 1.807) is 0 Å². The smallest absolute Gasteiger partial charge is 0.357 e. The summed E-state index contributed by atoms with van der Waals surface area (Å²) in [5.41, 5.74) is 1.02. The number of carboxylic acids is 1. The molecule has 0 fully saturated rings. The van der Waals surface area contributed by atoms with Gasteiger partial charge < -0.3 is 9.84 Å². The average Bonchev–Trinajstić information content (AvgIpc) is 2.90. The normalized spacial score (nSPS) is 16.2. The summed E-state index contributed by atoms with van der Waals surface area (Å²) in [4.78, 5) is 11.2. The van der Waals surface area contributed by atoms with Crippen LogP contribution in [0.3, 0.4) is 0 Å². The maximum absolute atomic E-state index is 11.2. The second kappa shape index (κ2) is 4.05. The Morgan fingerprint density at radius 3 is 2.53 bits per heavy atom. The summed E-state index contributed by atoms with van der Waals surface area (Å²) >= 11 is 0. The highest BCUT2D eigenvalue weighted by Gasteiger charge is 2.32. The Balaban J connectivity index is 2.36. The van der Waals surface area contributed by atoms with Crippen LogP contribution >= 0.6 is 0 Å². The predicted molar refractivity (Wildman–Crippen MR) is 68.2 cm³/mol. The Bertz CT molecular complexity index is 757. The summed E-state index contributed by atoms with van der Waals surface area (Å²) in [5, 5.41) is 18.7. The Morgan fingerprint density at radius 2 is 1.89 bits per heavy atom. The zero-order chi connectivity index (χ0) is 13.6. The molecule has 0 bridgehead atoms. The van der Waals surface area contributed by atoms with Crippen LogP contribution in [0.5, 0.6) is 0 Å². The van der Waals surface area contributed by atoms with E-state index in [2.05, 4.69) is 10.2 Å². The van der Waals surface area contributed by atoms with Crippen molar-refractivity contribution in [3.8, 4) is 0 Å². The molecule has 1 N–H and O–H groups in total. The molecule has 2 aliphatic rings. The zero-order valence-corrected chi connectivity index (χ0v) is 10.5. The summed E-state index contributed by atoms with van der Waals surface area (Å²) in [5.74, 6) is -0.533. The summed E-state index contributed by atoms with van der Waals surface area (Å²) in [6.07, 6.45) is -0.0504. The second-order valence-corrected chi connectivity index (χ2v) is 4.62. The molecule has 0 spiro atoms. The highest BCUT2D eigenvalue weighted by atomic mass is 16.5. The van der Waals surface area contributed by atoms with E-state index < -0.39 is 5.97 Å². The van der Waals surface area contributed by atoms with E-state index in [0.717, 1.165) is 10.4 Å². The first-order valence-corrected chi connectivity index (χ1v) is 6.00. The van der Waals surface area contributed by atoms with Gasteiger partial charge in [0, 0.05) is 10.4 Å². The van der Waals surface area contributed by atoms with Crippen molar-refractivity contribution in [1.29, 1.82) is 0 Å². The van der Waals surface area contributed by atoms with Crippen LogP contribution in [0.25, 0.3) is 11.5 Å². The molecule has 0 saturated carbocycles. The van der Waals surface area contributed by atoms with Gasteiger partial charge in [-0.2, -0.15) is 0 Å². The molecule has 1 aromatic carbocycles. The number of carboxylic acid groups (broad SMARTS) is 1. The molecule has 96 valence electrons. The Morgan fingerprint density at radius 1 is 1.21 bits per heavy atom. The number of azo groups is 1. The number of rotatable bonds is 3. The molecule has 0 saturated heterocycles. The Hall–Kier alpha value is -2.43. The first-order chi connectivity index (χ1) is 9.09. The molecule has 1 heterocycles. The Kier molecular flexibility index (Phi) is 2.48. The van der Waals surface area contributed by atoms with Crippen molar-refractivity contribution in [1.82, 2.24) is 0 Å². The van der Waals surface area contributed by atoms with Gasteiger partial charge in [-0.05, 0) is 13.8 Å². The van der Waals surface area contributed by atoms with Crippen molar-refractivity contribution in [2.75, 3.05) is 0 Å². The first-order valence-electron chi connectivity index (χ1n) is 6.00. The molecule has 0 amide bonds. The van der Waals surface area contributed by atoms with Crippen LogP contribution < -0.4 is 10.4 Å². The minimum Gasteiger partial charge on any atom is -0.490 e. The SMILES string of the molecule is CC(C)OC1=c2ccccc2=C2N=NC(C(=O)O)=C21. The minimum atomic E-state index is -1.09. The highest BCUT2D eigenvalue weighted by molar-refractivity contribution is 6.00. The maximum atomic E-state index is 11.2. The topological polar surface area (TPSA) is 71.2 Å². The van der Waals surface area contributed by atoms with Crippen molar-refractivity contribution >= 4 is 17.4 Å². The van der Waals surface area contributed by atoms with Gasteiger partial charge in [-0.25, -0.2) is 4.79 Å². The fourth-order valence-electron chi connectivity index (χ4n) is 2.25. The van der Waals surface area contributed by atoms with Gasteiger partial charge in [0.25, 0.3) is 0 Å².